The molecule has 0 atom stereocenters. The third kappa shape index (κ3) is 5.37. The lowest BCUT2D eigenvalue weighted by Crippen LogP contribution is -2.44. The third-order valence-corrected chi connectivity index (χ3v) is 4.95. The van der Waals surface area contributed by atoms with Crippen molar-refractivity contribution in [3.63, 3.8) is 0 Å². The van der Waals surface area contributed by atoms with Gasteiger partial charge in [-0.1, -0.05) is 18.1 Å². The second-order valence-electron chi connectivity index (χ2n) is 7.13. The molecule has 4 nitrogen and oxygen atoms in total. The van der Waals surface area contributed by atoms with E-state index in [1.807, 2.05) is 11.9 Å². The SMILES string of the molecule is C#Cc1cccc(NC(=O)c2ccc(CN3CCN(C)CC3)c(C(F)(F)F)c2)c1. The van der Waals surface area contributed by atoms with Crippen LogP contribution in [-0.4, -0.2) is 48.9 Å². The highest BCUT2D eigenvalue weighted by atomic mass is 19.4. The largest absolute Gasteiger partial charge is 0.416 e. The summed E-state index contributed by atoms with van der Waals surface area (Å²) in [5, 5.41) is 2.60. The monoisotopic (exact) mass is 401 g/mol. The van der Waals surface area contributed by atoms with Gasteiger partial charge in [0.15, 0.2) is 0 Å². The fraction of sp³-hybridized carbons (Fsp3) is 0.318. The van der Waals surface area contributed by atoms with E-state index < -0.39 is 17.6 Å². The molecule has 0 unspecified atom stereocenters. The quantitative estimate of drug-likeness (QED) is 0.794. The van der Waals surface area contributed by atoms with Gasteiger partial charge in [0.1, 0.15) is 0 Å². The van der Waals surface area contributed by atoms with Crippen molar-refractivity contribution in [3.8, 4) is 12.3 Å². The smallest absolute Gasteiger partial charge is 0.322 e. The minimum atomic E-state index is -4.54. The lowest BCUT2D eigenvalue weighted by Gasteiger charge is -2.33. The number of nitrogens with one attached hydrogen (secondary N) is 1. The van der Waals surface area contributed by atoms with E-state index in [0.29, 0.717) is 24.3 Å². The zero-order valence-corrected chi connectivity index (χ0v) is 16.1. The van der Waals surface area contributed by atoms with Gasteiger partial charge in [0.05, 0.1) is 5.56 Å². The number of terminal acetylenes is 1. The molecule has 0 bridgehead atoms. The van der Waals surface area contributed by atoms with Gasteiger partial charge in [-0.25, -0.2) is 0 Å². The molecule has 7 heteroatoms. The Hall–Kier alpha value is -2.82. The molecular formula is C22H22F3N3O. The molecule has 1 saturated heterocycles. The molecule has 1 heterocycles. The normalized spacial score (nSPS) is 15.7. The maximum atomic E-state index is 13.7. The average molecular weight is 401 g/mol. The fourth-order valence-corrected chi connectivity index (χ4v) is 3.26. The highest BCUT2D eigenvalue weighted by Gasteiger charge is 2.34. The predicted octanol–water partition coefficient (Wildman–Crippen LogP) is 3.69. The third-order valence-electron chi connectivity index (χ3n) is 4.95. The number of alkyl halides is 3. The summed E-state index contributed by atoms with van der Waals surface area (Å²) in [6.07, 6.45) is 0.795. The summed E-state index contributed by atoms with van der Waals surface area (Å²) in [6, 6.07) is 10.3. The number of hydrogen-bond donors (Lipinski definition) is 1. The van der Waals surface area contributed by atoms with E-state index in [-0.39, 0.29) is 17.7 Å². The molecule has 1 amide bonds. The van der Waals surface area contributed by atoms with E-state index >= 15 is 0 Å². The van der Waals surface area contributed by atoms with Gasteiger partial charge in [0.2, 0.25) is 0 Å². The topological polar surface area (TPSA) is 35.6 Å². The molecule has 0 radical (unpaired) electrons. The number of carbonyl (C=O) groups excluding carboxylic acids is 1. The maximum Gasteiger partial charge on any atom is 0.416 e. The molecule has 2 aromatic carbocycles. The molecule has 3 rings (SSSR count). The van der Waals surface area contributed by atoms with E-state index in [0.717, 1.165) is 19.2 Å². The zero-order chi connectivity index (χ0) is 21.0. The van der Waals surface area contributed by atoms with Crippen molar-refractivity contribution in [3.05, 3.63) is 64.7 Å². The van der Waals surface area contributed by atoms with E-state index in [1.165, 1.54) is 12.1 Å². The Morgan fingerprint density at radius 1 is 1.14 bits per heavy atom. The first-order valence-corrected chi connectivity index (χ1v) is 9.25. The Bertz CT molecular complexity index is 926. The lowest BCUT2D eigenvalue weighted by molar-refractivity contribution is -0.138. The molecular weight excluding hydrogens is 379 g/mol. The second kappa shape index (κ2) is 8.68. The summed E-state index contributed by atoms with van der Waals surface area (Å²) < 4.78 is 41.0. The van der Waals surface area contributed by atoms with Crippen LogP contribution in [0.15, 0.2) is 42.5 Å². The summed E-state index contributed by atoms with van der Waals surface area (Å²) >= 11 is 0. The van der Waals surface area contributed by atoms with Crippen molar-refractivity contribution in [2.75, 3.05) is 38.5 Å². The van der Waals surface area contributed by atoms with Crippen LogP contribution >= 0.6 is 0 Å². The first-order chi connectivity index (χ1) is 13.8. The highest BCUT2D eigenvalue weighted by Crippen LogP contribution is 2.33. The van der Waals surface area contributed by atoms with Crippen LogP contribution in [0, 0.1) is 12.3 Å². The molecule has 1 N–H and O–H groups in total. The van der Waals surface area contributed by atoms with Crippen molar-refractivity contribution in [2.45, 2.75) is 12.7 Å². The van der Waals surface area contributed by atoms with Crippen molar-refractivity contribution in [1.82, 2.24) is 9.80 Å². The van der Waals surface area contributed by atoms with Gasteiger partial charge in [0, 0.05) is 49.5 Å². The Kier molecular flexibility index (Phi) is 6.26. The van der Waals surface area contributed by atoms with Crippen molar-refractivity contribution >= 4 is 11.6 Å². The van der Waals surface area contributed by atoms with Gasteiger partial charge < -0.3 is 10.2 Å². The molecule has 0 aliphatic carbocycles. The van der Waals surface area contributed by atoms with Crippen LogP contribution in [-0.2, 0) is 12.7 Å². The maximum absolute atomic E-state index is 13.7. The Morgan fingerprint density at radius 3 is 2.52 bits per heavy atom. The molecule has 29 heavy (non-hydrogen) atoms. The van der Waals surface area contributed by atoms with Gasteiger partial charge in [-0.15, -0.1) is 6.42 Å². The molecule has 2 aromatic rings. The van der Waals surface area contributed by atoms with E-state index in [4.69, 9.17) is 6.42 Å². The number of halogens is 3. The van der Waals surface area contributed by atoms with Crippen LogP contribution in [0.3, 0.4) is 0 Å². The molecule has 152 valence electrons. The number of carbonyl (C=O) groups is 1. The molecule has 0 saturated carbocycles. The van der Waals surface area contributed by atoms with Crippen LogP contribution < -0.4 is 5.32 Å². The minimum Gasteiger partial charge on any atom is -0.322 e. The molecule has 0 spiro atoms. The van der Waals surface area contributed by atoms with Crippen LogP contribution in [0.4, 0.5) is 18.9 Å². The van der Waals surface area contributed by atoms with Gasteiger partial charge in [-0.3, -0.25) is 9.69 Å². The Labute approximate surface area is 168 Å². The number of amides is 1. The van der Waals surface area contributed by atoms with Crippen molar-refractivity contribution in [2.24, 2.45) is 0 Å². The van der Waals surface area contributed by atoms with Gasteiger partial charge in [0.25, 0.3) is 5.91 Å². The van der Waals surface area contributed by atoms with E-state index in [9.17, 15) is 18.0 Å². The lowest BCUT2D eigenvalue weighted by atomic mass is 10.0. The number of nitrogens with zero attached hydrogens (tertiary/aromatic N) is 2. The minimum absolute atomic E-state index is 0.0504. The van der Waals surface area contributed by atoms with Gasteiger partial charge in [-0.2, -0.15) is 13.2 Å². The van der Waals surface area contributed by atoms with E-state index in [2.05, 4.69) is 16.1 Å². The molecule has 0 aromatic heterocycles. The zero-order valence-electron chi connectivity index (χ0n) is 16.1. The summed E-state index contributed by atoms with van der Waals surface area (Å²) in [4.78, 5) is 16.6. The Morgan fingerprint density at radius 2 is 1.86 bits per heavy atom. The van der Waals surface area contributed by atoms with Gasteiger partial charge >= 0.3 is 6.18 Å². The number of anilines is 1. The highest BCUT2D eigenvalue weighted by molar-refractivity contribution is 6.04. The van der Waals surface area contributed by atoms with Crippen molar-refractivity contribution in [1.29, 1.82) is 0 Å². The van der Waals surface area contributed by atoms with Crippen LogP contribution in [0.2, 0.25) is 0 Å². The standard InChI is InChI=1S/C22H22F3N3O/c1-3-16-5-4-6-19(13-16)26-21(29)17-7-8-18(20(14-17)22(23,24)25)15-28-11-9-27(2)10-12-28/h1,4-8,13-14H,9-12,15H2,2H3,(H,26,29). The number of likely N-dealkylation sites (N-methyl/N-ethyl adjacent to an activating group) is 1. The molecule has 1 aliphatic rings. The van der Waals surface area contributed by atoms with Crippen LogP contribution in [0.25, 0.3) is 0 Å². The first-order valence-electron chi connectivity index (χ1n) is 9.25. The summed E-state index contributed by atoms with van der Waals surface area (Å²) in [5.74, 6) is 1.84. The Balaban J connectivity index is 1.81. The number of piperazine rings is 1. The number of hydrogen-bond acceptors (Lipinski definition) is 3. The van der Waals surface area contributed by atoms with E-state index in [1.54, 1.807) is 24.3 Å². The van der Waals surface area contributed by atoms with Crippen LogP contribution in [0.5, 0.6) is 0 Å². The van der Waals surface area contributed by atoms with Crippen molar-refractivity contribution < 1.29 is 18.0 Å². The van der Waals surface area contributed by atoms with Gasteiger partial charge in [-0.05, 0) is 42.9 Å². The summed E-state index contributed by atoms with van der Waals surface area (Å²) in [6.45, 7) is 3.26. The molecule has 1 aliphatic heterocycles. The molecule has 1 fully saturated rings. The number of rotatable bonds is 4. The first kappa shape index (κ1) is 20.9. The summed E-state index contributed by atoms with van der Waals surface area (Å²) in [5.41, 5.74) is 0.349. The second-order valence-corrected chi connectivity index (χ2v) is 7.13. The summed E-state index contributed by atoms with van der Waals surface area (Å²) in [7, 11) is 1.99. The van der Waals surface area contributed by atoms with Crippen LogP contribution in [0.1, 0.15) is 27.0 Å². The predicted molar refractivity (Wildman–Crippen MR) is 107 cm³/mol. The fourth-order valence-electron chi connectivity index (χ4n) is 3.26. The number of benzene rings is 2. The average Bonchev–Trinajstić information content (AvgIpc) is 2.69.